The van der Waals surface area contributed by atoms with Gasteiger partial charge >= 0.3 is 5.97 Å². The van der Waals surface area contributed by atoms with Gasteiger partial charge in [0.25, 0.3) is 0 Å². The normalized spacial score (nSPS) is 11.0. The molecule has 0 unspecified atom stereocenters. The monoisotopic (exact) mass is 202 g/mol. The van der Waals surface area contributed by atoms with Crippen molar-refractivity contribution in [2.45, 2.75) is 6.42 Å². The minimum atomic E-state index is -0.334. The number of rotatable bonds is 4. The number of carbonyl (C=O) groups is 1. The molecule has 0 bridgehead atoms. The first-order valence-electron chi connectivity index (χ1n) is 4.78. The van der Waals surface area contributed by atoms with Gasteiger partial charge in [-0.2, -0.15) is 0 Å². The number of methoxy groups -OCH3 is 1. The van der Waals surface area contributed by atoms with Crippen LogP contribution in [0.1, 0.15) is 5.56 Å². The highest BCUT2D eigenvalue weighted by Gasteiger charge is 1.87. The number of carbonyl (C=O) groups excluding carboxylic acids is 1. The quantitative estimate of drug-likeness (QED) is 0.426. The number of esters is 1. The van der Waals surface area contributed by atoms with Crippen molar-refractivity contribution in [3.05, 3.63) is 60.2 Å². The Kier molecular flexibility index (Phi) is 4.95. The molecule has 1 aromatic rings. The van der Waals surface area contributed by atoms with Gasteiger partial charge in [0, 0.05) is 6.08 Å². The fourth-order valence-corrected chi connectivity index (χ4v) is 1.10. The number of allylic oxidation sites excluding steroid dienone is 3. The molecular weight excluding hydrogens is 188 g/mol. The molecule has 0 radical (unpaired) electrons. The lowest BCUT2D eigenvalue weighted by Gasteiger charge is -1.92. The number of benzene rings is 1. The Balaban J connectivity index is 2.35. The van der Waals surface area contributed by atoms with E-state index >= 15 is 0 Å². The second-order valence-electron chi connectivity index (χ2n) is 3.00. The van der Waals surface area contributed by atoms with Gasteiger partial charge in [-0.15, -0.1) is 0 Å². The minimum absolute atomic E-state index is 0.334. The van der Waals surface area contributed by atoms with Gasteiger partial charge in [-0.1, -0.05) is 48.6 Å². The highest BCUT2D eigenvalue weighted by molar-refractivity contribution is 5.82. The van der Waals surface area contributed by atoms with E-state index in [2.05, 4.69) is 16.9 Å². The molecule has 0 N–H and O–H groups in total. The Bertz CT molecular complexity index is 350. The summed E-state index contributed by atoms with van der Waals surface area (Å²) >= 11 is 0. The van der Waals surface area contributed by atoms with E-state index in [0.29, 0.717) is 0 Å². The average molecular weight is 202 g/mol. The third-order valence-corrected chi connectivity index (χ3v) is 1.88. The largest absolute Gasteiger partial charge is 0.466 e. The second-order valence-corrected chi connectivity index (χ2v) is 3.00. The minimum Gasteiger partial charge on any atom is -0.466 e. The van der Waals surface area contributed by atoms with Crippen LogP contribution in [0.25, 0.3) is 0 Å². The van der Waals surface area contributed by atoms with E-state index in [1.807, 2.05) is 30.4 Å². The first kappa shape index (κ1) is 11.2. The summed E-state index contributed by atoms with van der Waals surface area (Å²) in [6, 6.07) is 10.1. The molecular formula is C13H14O2. The van der Waals surface area contributed by atoms with Crippen molar-refractivity contribution in [1.82, 2.24) is 0 Å². The van der Waals surface area contributed by atoms with Crippen LogP contribution in [-0.4, -0.2) is 13.1 Å². The summed E-state index contributed by atoms with van der Waals surface area (Å²) < 4.78 is 4.46. The maximum absolute atomic E-state index is 10.7. The van der Waals surface area contributed by atoms with E-state index in [1.165, 1.54) is 18.7 Å². The second kappa shape index (κ2) is 6.60. The maximum atomic E-state index is 10.7. The van der Waals surface area contributed by atoms with Gasteiger partial charge in [0.1, 0.15) is 0 Å². The van der Waals surface area contributed by atoms with Gasteiger partial charge in [-0.05, 0) is 12.0 Å². The lowest BCUT2D eigenvalue weighted by Crippen LogP contribution is -1.92. The SMILES string of the molecule is COC(=O)/C=C\C=C\Cc1ccccc1. The maximum Gasteiger partial charge on any atom is 0.330 e. The zero-order chi connectivity index (χ0) is 10.9. The van der Waals surface area contributed by atoms with E-state index < -0.39 is 0 Å². The summed E-state index contributed by atoms with van der Waals surface area (Å²) in [7, 11) is 1.36. The number of hydrogen-bond acceptors (Lipinski definition) is 2. The van der Waals surface area contributed by atoms with Gasteiger partial charge in [0.05, 0.1) is 7.11 Å². The first-order chi connectivity index (χ1) is 7.33. The van der Waals surface area contributed by atoms with Crippen LogP contribution in [0.2, 0.25) is 0 Å². The Morgan fingerprint density at radius 1 is 1.27 bits per heavy atom. The molecule has 78 valence electrons. The fraction of sp³-hybridized carbons (Fsp3) is 0.154. The van der Waals surface area contributed by atoms with E-state index in [1.54, 1.807) is 6.08 Å². The van der Waals surface area contributed by atoms with Crippen LogP contribution in [0, 0.1) is 0 Å². The topological polar surface area (TPSA) is 26.3 Å². The molecule has 0 aliphatic carbocycles. The highest BCUT2D eigenvalue weighted by atomic mass is 16.5. The van der Waals surface area contributed by atoms with Gasteiger partial charge < -0.3 is 4.74 Å². The van der Waals surface area contributed by atoms with E-state index in [4.69, 9.17) is 0 Å². The summed E-state index contributed by atoms with van der Waals surface area (Å²) in [6.07, 6.45) is 7.77. The molecule has 0 aliphatic rings. The zero-order valence-corrected chi connectivity index (χ0v) is 8.72. The molecule has 0 spiro atoms. The van der Waals surface area contributed by atoms with Crippen molar-refractivity contribution in [1.29, 1.82) is 0 Å². The van der Waals surface area contributed by atoms with Crippen molar-refractivity contribution in [2.75, 3.05) is 7.11 Å². The summed E-state index contributed by atoms with van der Waals surface area (Å²) in [5.74, 6) is -0.334. The number of hydrogen-bond donors (Lipinski definition) is 0. The summed E-state index contributed by atoms with van der Waals surface area (Å²) in [5, 5.41) is 0. The summed E-state index contributed by atoms with van der Waals surface area (Å²) in [4.78, 5) is 10.7. The van der Waals surface area contributed by atoms with Crippen molar-refractivity contribution >= 4 is 5.97 Å². The molecule has 0 heterocycles. The lowest BCUT2D eigenvalue weighted by molar-refractivity contribution is -0.134. The molecule has 0 amide bonds. The van der Waals surface area contributed by atoms with Crippen molar-refractivity contribution in [2.24, 2.45) is 0 Å². The van der Waals surface area contributed by atoms with Crippen molar-refractivity contribution < 1.29 is 9.53 Å². The molecule has 0 saturated carbocycles. The van der Waals surface area contributed by atoms with Crippen LogP contribution < -0.4 is 0 Å². The molecule has 0 aliphatic heterocycles. The van der Waals surface area contributed by atoms with Gasteiger partial charge in [-0.3, -0.25) is 0 Å². The van der Waals surface area contributed by atoms with Crippen LogP contribution in [-0.2, 0) is 16.0 Å². The predicted molar refractivity (Wildman–Crippen MR) is 60.4 cm³/mol. The molecule has 0 aromatic heterocycles. The van der Waals surface area contributed by atoms with E-state index in [0.717, 1.165) is 6.42 Å². The summed E-state index contributed by atoms with van der Waals surface area (Å²) in [5.41, 5.74) is 1.25. The lowest BCUT2D eigenvalue weighted by atomic mass is 10.1. The van der Waals surface area contributed by atoms with Crippen LogP contribution >= 0.6 is 0 Å². The smallest absolute Gasteiger partial charge is 0.330 e. The Hall–Kier alpha value is -1.83. The standard InChI is InChI=1S/C13H14O2/c1-15-13(14)11-7-3-6-10-12-8-4-2-5-9-12/h2-9,11H,10H2,1H3/b6-3+,11-7-. The third-order valence-electron chi connectivity index (χ3n) is 1.88. The summed E-state index contributed by atoms with van der Waals surface area (Å²) in [6.45, 7) is 0. The van der Waals surface area contributed by atoms with Crippen LogP contribution in [0.5, 0.6) is 0 Å². The molecule has 2 nitrogen and oxygen atoms in total. The van der Waals surface area contributed by atoms with Gasteiger partial charge in [0.15, 0.2) is 0 Å². The molecule has 0 fully saturated rings. The van der Waals surface area contributed by atoms with Crippen LogP contribution in [0.4, 0.5) is 0 Å². The van der Waals surface area contributed by atoms with Crippen LogP contribution in [0.15, 0.2) is 54.6 Å². The number of ether oxygens (including phenoxy) is 1. The van der Waals surface area contributed by atoms with Gasteiger partial charge in [-0.25, -0.2) is 4.79 Å². The molecule has 0 atom stereocenters. The average Bonchev–Trinajstić information content (AvgIpc) is 2.29. The zero-order valence-electron chi connectivity index (χ0n) is 8.72. The molecule has 0 saturated heterocycles. The Labute approximate surface area is 89.9 Å². The first-order valence-corrected chi connectivity index (χ1v) is 4.78. The fourth-order valence-electron chi connectivity index (χ4n) is 1.10. The molecule has 2 heteroatoms. The van der Waals surface area contributed by atoms with Gasteiger partial charge in [0.2, 0.25) is 0 Å². The third kappa shape index (κ3) is 4.81. The molecule has 1 aromatic carbocycles. The van der Waals surface area contributed by atoms with E-state index in [-0.39, 0.29) is 5.97 Å². The Morgan fingerprint density at radius 3 is 2.67 bits per heavy atom. The van der Waals surface area contributed by atoms with Crippen molar-refractivity contribution in [3.63, 3.8) is 0 Å². The predicted octanol–water partition coefficient (Wildman–Crippen LogP) is 2.51. The molecule has 15 heavy (non-hydrogen) atoms. The highest BCUT2D eigenvalue weighted by Crippen LogP contribution is 1.99. The van der Waals surface area contributed by atoms with Crippen LogP contribution in [0.3, 0.4) is 0 Å². The molecule has 1 rings (SSSR count). The van der Waals surface area contributed by atoms with Crippen molar-refractivity contribution in [3.8, 4) is 0 Å². The Morgan fingerprint density at radius 2 is 2.00 bits per heavy atom. The van der Waals surface area contributed by atoms with E-state index in [9.17, 15) is 4.79 Å².